The minimum Gasteiger partial charge on any atom is -0.407 e. The maximum absolute atomic E-state index is 12.4. The van der Waals surface area contributed by atoms with Crippen LogP contribution in [0.5, 0.6) is 0 Å². The molecule has 4 nitrogen and oxygen atoms in total. The summed E-state index contributed by atoms with van der Waals surface area (Å²) in [6.07, 6.45) is -1.62. The summed E-state index contributed by atoms with van der Waals surface area (Å²) < 4.78 is 41.1. The zero-order valence-electron chi connectivity index (χ0n) is 11.6. The predicted molar refractivity (Wildman–Crippen MR) is 78.2 cm³/mol. The van der Waals surface area contributed by atoms with Crippen LogP contribution in [0, 0.1) is 11.3 Å². The minimum absolute atomic E-state index is 0.0149. The summed E-state index contributed by atoms with van der Waals surface area (Å²) in [5.41, 5.74) is 3.73. The van der Waals surface area contributed by atoms with Gasteiger partial charge in [-0.2, -0.15) is 5.26 Å². The van der Waals surface area contributed by atoms with E-state index < -0.39 is 17.7 Å². The Morgan fingerprint density at radius 3 is 2.59 bits per heavy atom. The fourth-order valence-corrected chi connectivity index (χ4v) is 1.91. The van der Waals surface area contributed by atoms with E-state index in [0.29, 0.717) is 5.57 Å². The molecule has 0 radical (unpaired) electrons. The molecular formula is C14H13F3N2O2S. The van der Waals surface area contributed by atoms with E-state index in [9.17, 15) is 18.3 Å². The molecule has 1 aliphatic rings. The summed E-state index contributed by atoms with van der Waals surface area (Å²) >= 11 is 4.68. The normalized spacial score (nSPS) is 22.3. The topological polar surface area (TPSA) is 79.3 Å². The molecule has 0 aromatic heterocycles. The van der Waals surface area contributed by atoms with Gasteiger partial charge in [0.1, 0.15) is 22.4 Å². The lowest BCUT2D eigenvalue weighted by Gasteiger charge is -2.34. The van der Waals surface area contributed by atoms with E-state index >= 15 is 0 Å². The Kier molecular flexibility index (Phi) is 5.17. The Bertz CT molecular complexity index is 641. The number of ether oxygens (including phenoxy) is 1. The van der Waals surface area contributed by atoms with Gasteiger partial charge in [0, 0.05) is 6.42 Å². The number of hydrogen-bond acceptors (Lipinski definition) is 4. The number of nitriles is 1. The molecule has 0 saturated carbocycles. The van der Waals surface area contributed by atoms with Gasteiger partial charge < -0.3 is 15.6 Å². The zero-order chi connectivity index (χ0) is 17.1. The maximum Gasteiger partial charge on any atom is 0.572 e. The average molecular weight is 330 g/mol. The van der Waals surface area contributed by atoms with Crippen molar-refractivity contribution in [3.8, 4) is 6.07 Å². The molecular weight excluding hydrogens is 317 g/mol. The van der Waals surface area contributed by atoms with Crippen LogP contribution in [-0.4, -0.2) is 22.1 Å². The molecule has 0 spiro atoms. The molecule has 0 fully saturated rings. The zero-order valence-corrected chi connectivity index (χ0v) is 12.4. The van der Waals surface area contributed by atoms with Crippen molar-refractivity contribution in [2.45, 2.75) is 25.3 Å². The highest BCUT2D eigenvalue weighted by Gasteiger charge is 2.43. The number of thiocarbonyl (C=S) groups is 1. The van der Waals surface area contributed by atoms with Crippen LogP contribution < -0.4 is 5.73 Å². The molecule has 1 unspecified atom stereocenters. The summed E-state index contributed by atoms with van der Waals surface area (Å²) in [5.74, 6) is -0.682. The van der Waals surface area contributed by atoms with E-state index in [1.165, 1.54) is 19.1 Å². The van der Waals surface area contributed by atoms with Crippen LogP contribution in [0.15, 0.2) is 47.3 Å². The summed E-state index contributed by atoms with van der Waals surface area (Å²) in [5, 5.41) is 19.3. The standard InChI is InChI=1S/C14H13F3N2O2S/c1-8(2)13(20)6-9(5-10(7-18)12(19)22)3-4-11(13)21-14(15,16)17/h3-5,20H,1,6H2,2H3,(H2,19,22). The lowest BCUT2D eigenvalue weighted by Crippen LogP contribution is -2.37. The Morgan fingerprint density at radius 1 is 1.59 bits per heavy atom. The van der Waals surface area contributed by atoms with Crippen LogP contribution >= 0.6 is 12.2 Å². The molecule has 0 heterocycles. The molecule has 118 valence electrons. The molecule has 0 bridgehead atoms. The van der Waals surface area contributed by atoms with Gasteiger partial charge in [0.2, 0.25) is 0 Å². The number of nitrogens with zero attached hydrogens (tertiary/aromatic N) is 1. The second-order valence-corrected chi connectivity index (χ2v) is 5.11. The molecule has 0 aliphatic heterocycles. The van der Waals surface area contributed by atoms with Gasteiger partial charge >= 0.3 is 6.36 Å². The van der Waals surface area contributed by atoms with E-state index in [2.05, 4.69) is 23.5 Å². The first kappa shape index (κ1) is 17.9. The van der Waals surface area contributed by atoms with Gasteiger partial charge in [0.05, 0.1) is 5.57 Å². The molecule has 0 amide bonds. The fraction of sp³-hybridized carbons (Fsp3) is 0.286. The van der Waals surface area contributed by atoms with Gasteiger partial charge in [-0.15, -0.1) is 13.2 Å². The van der Waals surface area contributed by atoms with Crippen molar-refractivity contribution < 1.29 is 23.0 Å². The number of hydrogen-bond donors (Lipinski definition) is 2. The lowest BCUT2D eigenvalue weighted by molar-refractivity contribution is -0.313. The van der Waals surface area contributed by atoms with Gasteiger partial charge in [0.25, 0.3) is 0 Å². The average Bonchev–Trinajstić information content (AvgIpc) is 2.37. The molecule has 1 atom stereocenters. The van der Waals surface area contributed by atoms with Crippen LogP contribution in [0.2, 0.25) is 0 Å². The van der Waals surface area contributed by atoms with Crippen LogP contribution in [0.1, 0.15) is 13.3 Å². The Hall–Kier alpha value is -2.11. The maximum atomic E-state index is 12.4. The van der Waals surface area contributed by atoms with Gasteiger partial charge in [-0.3, -0.25) is 0 Å². The predicted octanol–water partition coefficient (Wildman–Crippen LogP) is 2.78. The van der Waals surface area contributed by atoms with E-state index in [1.807, 2.05) is 0 Å². The number of allylic oxidation sites excluding steroid dienone is 3. The van der Waals surface area contributed by atoms with E-state index in [0.717, 1.165) is 6.08 Å². The highest BCUT2D eigenvalue weighted by Crippen LogP contribution is 2.39. The van der Waals surface area contributed by atoms with Crippen molar-refractivity contribution in [2.75, 3.05) is 0 Å². The molecule has 1 rings (SSSR count). The quantitative estimate of drug-likeness (QED) is 0.359. The Morgan fingerprint density at radius 2 is 2.18 bits per heavy atom. The molecule has 0 aromatic carbocycles. The van der Waals surface area contributed by atoms with Gasteiger partial charge in [-0.1, -0.05) is 24.9 Å². The smallest absolute Gasteiger partial charge is 0.407 e. The summed E-state index contributed by atoms with van der Waals surface area (Å²) in [4.78, 5) is -0.149. The van der Waals surface area contributed by atoms with Crippen molar-refractivity contribution >= 4 is 17.2 Å². The molecule has 22 heavy (non-hydrogen) atoms. The summed E-state index contributed by atoms with van der Waals surface area (Å²) in [7, 11) is 0. The molecule has 8 heteroatoms. The number of alkyl halides is 3. The lowest BCUT2D eigenvalue weighted by atomic mass is 9.82. The van der Waals surface area contributed by atoms with Gasteiger partial charge in [0.15, 0.2) is 0 Å². The third-order valence-electron chi connectivity index (χ3n) is 2.96. The van der Waals surface area contributed by atoms with Crippen molar-refractivity contribution in [2.24, 2.45) is 5.73 Å². The first-order valence-electron chi connectivity index (χ1n) is 5.96. The Labute approximate surface area is 130 Å². The highest BCUT2D eigenvalue weighted by atomic mass is 32.1. The monoisotopic (exact) mass is 330 g/mol. The van der Waals surface area contributed by atoms with Crippen molar-refractivity contribution in [3.05, 3.63) is 47.3 Å². The first-order chi connectivity index (χ1) is 9.99. The highest BCUT2D eigenvalue weighted by molar-refractivity contribution is 7.80. The third-order valence-corrected chi connectivity index (χ3v) is 3.18. The molecule has 3 N–H and O–H groups in total. The number of aliphatic hydroxyl groups is 1. The molecule has 0 aromatic rings. The number of nitrogens with two attached hydrogens (primary N) is 1. The first-order valence-corrected chi connectivity index (χ1v) is 6.37. The molecule has 1 aliphatic carbocycles. The molecule has 0 saturated heterocycles. The second-order valence-electron chi connectivity index (χ2n) is 4.67. The number of rotatable bonds is 4. The SMILES string of the molecule is C=C(C)C1(O)CC(C=C(C#N)C(N)=S)=CC=C1OC(F)(F)F. The van der Waals surface area contributed by atoms with Crippen LogP contribution in [0.3, 0.4) is 0 Å². The largest absolute Gasteiger partial charge is 0.572 e. The van der Waals surface area contributed by atoms with Crippen molar-refractivity contribution in [3.63, 3.8) is 0 Å². The summed E-state index contributed by atoms with van der Waals surface area (Å²) in [6, 6.07) is 1.77. The van der Waals surface area contributed by atoms with Crippen LogP contribution in [0.4, 0.5) is 13.2 Å². The van der Waals surface area contributed by atoms with Crippen LogP contribution in [-0.2, 0) is 4.74 Å². The van der Waals surface area contributed by atoms with Crippen molar-refractivity contribution in [1.82, 2.24) is 0 Å². The van der Waals surface area contributed by atoms with Crippen LogP contribution in [0.25, 0.3) is 0 Å². The van der Waals surface area contributed by atoms with E-state index in [-0.39, 0.29) is 22.6 Å². The van der Waals surface area contributed by atoms with Gasteiger partial charge in [-0.05, 0) is 30.2 Å². The summed E-state index contributed by atoms with van der Waals surface area (Å²) in [6.45, 7) is 4.87. The van der Waals surface area contributed by atoms with Gasteiger partial charge in [-0.25, -0.2) is 0 Å². The number of halogens is 3. The fourth-order valence-electron chi connectivity index (χ4n) is 1.81. The Balaban J connectivity index is 3.27. The second kappa shape index (κ2) is 6.34. The van der Waals surface area contributed by atoms with Crippen molar-refractivity contribution in [1.29, 1.82) is 5.26 Å². The minimum atomic E-state index is -4.94. The van der Waals surface area contributed by atoms with E-state index in [4.69, 9.17) is 11.0 Å². The van der Waals surface area contributed by atoms with E-state index in [1.54, 1.807) is 6.07 Å². The third kappa shape index (κ3) is 4.19.